The van der Waals surface area contributed by atoms with Crippen molar-refractivity contribution in [1.82, 2.24) is 10.2 Å². The number of amides is 2. The van der Waals surface area contributed by atoms with Gasteiger partial charge in [0.15, 0.2) is 0 Å². The number of allylic oxidation sites excluding steroid dienone is 1. The summed E-state index contributed by atoms with van der Waals surface area (Å²) in [5.74, 6) is -3.05. The van der Waals surface area contributed by atoms with Crippen LogP contribution in [-0.2, 0) is 19.1 Å². The summed E-state index contributed by atoms with van der Waals surface area (Å²) in [5, 5.41) is 13.3. The minimum Gasteiger partial charge on any atom is -0.492 e. The van der Waals surface area contributed by atoms with Crippen molar-refractivity contribution >= 4 is 41.1 Å². The first-order chi connectivity index (χ1) is 16.3. The van der Waals surface area contributed by atoms with Gasteiger partial charge < -0.3 is 19.7 Å². The molecule has 0 saturated carbocycles. The van der Waals surface area contributed by atoms with Gasteiger partial charge in [-0.05, 0) is 50.8 Å². The summed E-state index contributed by atoms with van der Waals surface area (Å²) < 4.78 is 10.3. The molecule has 1 saturated heterocycles. The van der Waals surface area contributed by atoms with Gasteiger partial charge in [0.2, 0.25) is 11.8 Å². The molecule has 2 heterocycles. The molecule has 10 heteroatoms. The van der Waals surface area contributed by atoms with Gasteiger partial charge in [0.05, 0.1) is 41.2 Å². The van der Waals surface area contributed by atoms with E-state index in [1.807, 2.05) is 18.7 Å². The van der Waals surface area contributed by atoms with Crippen LogP contribution in [0, 0.1) is 17.2 Å². The van der Waals surface area contributed by atoms with E-state index in [9.17, 15) is 19.6 Å². The molecule has 3 atom stereocenters. The first-order valence-electron chi connectivity index (χ1n) is 11.2. The number of hydrogen-bond donors (Lipinski definition) is 1. The molecule has 1 aromatic rings. The Hall–Kier alpha value is -2.70. The van der Waals surface area contributed by atoms with Crippen LogP contribution in [-0.4, -0.2) is 54.7 Å². The second-order valence-electron chi connectivity index (χ2n) is 8.17. The van der Waals surface area contributed by atoms with Gasteiger partial charge in [-0.1, -0.05) is 29.4 Å². The zero-order chi connectivity index (χ0) is 24.8. The Morgan fingerprint density at radius 3 is 2.74 bits per heavy atom. The third-order valence-electron chi connectivity index (χ3n) is 6.06. The number of carbonyl (C=O) groups is 3. The lowest BCUT2D eigenvalue weighted by Crippen LogP contribution is -2.45. The monoisotopic (exact) mass is 505 g/mol. The largest absolute Gasteiger partial charge is 0.492 e. The summed E-state index contributed by atoms with van der Waals surface area (Å²) in [6, 6.07) is 7.21. The van der Waals surface area contributed by atoms with E-state index in [1.54, 1.807) is 18.2 Å². The average molecular weight is 506 g/mol. The summed E-state index contributed by atoms with van der Waals surface area (Å²) in [5.41, 5.74) is 0.684. The molecule has 0 unspecified atom stereocenters. The van der Waals surface area contributed by atoms with Gasteiger partial charge >= 0.3 is 5.97 Å². The molecular weight excluding hydrogens is 478 g/mol. The highest BCUT2D eigenvalue weighted by atomic mass is 35.5. The predicted octanol–water partition coefficient (Wildman–Crippen LogP) is 3.61. The highest BCUT2D eigenvalue weighted by Crippen LogP contribution is 2.42. The Bertz CT molecular complexity index is 1040. The maximum Gasteiger partial charge on any atom is 0.319 e. The lowest BCUT2D eigenvalue weighted by Gasteiger charge is -2.34. The Labute approximate surface area is 208 Å². The topological polar surface area (TPSA) is 109 Å². The van der Waals surface area contributed by atoms with Gasteiger partial charge in [-0.2, -0.15) is 5.26 Å². The number of thioether (sulfide) groups is 1. The van der Waals surface area contributed by atoms with E-state index in [4.69, 9.17) is 21.1 Å². The zero-order valence-electron chi connectivity index (χ0n) is 19.4. The number of hydrogen-bond acceptors (Lipinski definition) is 7. The molecule has 0 bridgehead atoms. The number of carbonyl (C=O) groups excluding carboxylic acids is 3. The van der Waals surface area contributed by atoms with E-state index in [0.717, 1.165) is 31.0 Å². The number of halogens is 1. The summed E-state index contributed by atoms with van der Waals surface area (Å²) in [7, 11) is 1.19. The van der Waals surface area contributed by atoms with E-state index in [2.05, 4.69) is 11.4 Å². The van der Waals surface area contributed by atoms with Crippen molar-refractivity contribution in [2.75, 3.05) is 26.0 Å². The quantitative estimate of drug-likeness (QED) is 0.445. The van der Waals surface area contributed by atoms with Gasteiger partial charge in [-0.25, -0.2) is 0 Å². The number of methoxy groups -OCH3 is 1. The lowest BCUT2D eigenvalue weighted by molar-refractivity contribution is -0.150. The van der Waals surface area contributed by atoms with Crippen LogP contribution in [0.4, 0.5) is 0 Å². The van der Waals surface area contributed by atoms with E-state index >= 15 is 0 Å². The van der Waals surface area contributed by atoms with Crippen LogP contribution < -0.4 is 10.1 Å². The van der Waals surface area contributed by atoms with Crippen molar-refractivity contribution in [2.24, 2.45) is 5.92 Å². The van der Waals surface area contributed by atoms with E-state index < -0.39 is 23.7 Å². The minimum absolute atomic E-state index is 0.0491. The zero-order valence-corrected chi connectivity index (χ0v) is 21.0. The van der Waals surface area contributed by atoms with Gasteiger partial charge in [-0.3, -0.25) is 14.4 Å². The molecule has 0 aromatic heterocycles. The van der Waals surface area contributed by atoms with Crippen LogP contribution in [0.25, 0.3) is 0 Å². The number of piperidine rings is 1. The molecule has 1 N–H and O–H groups in total. The summed E-state index contributed by atoms with van der Waals surface area (Å²) in [6.07, 6.45) is 3.02. The van der Waals surface area contributed by atoms with Gasteiger partial charge in [-0.15, -0.1) is 0 Å². The fraction of sp³-hybridized carbons (Fsp3) is 0.500. The molecule has 2 aliphatic heterocycles. The van der Waals surface area contributed by atoms with Gasteiger partial charge in [0.25, 0.3) is 0 Å². The molecule has 34 heavy (non-hydrogen) atoms. The number of rotatable bonds is 7. The highest BCUT2D eigenvalue weighted by Gasteiger charge is 2.44. The van der Waals surface area contributed by atoms with Crippen LogP contribution >= 0.6 is 23.4 Å². The number of likely N-dealkylation sites (tertiary alicyclic amines) is 1. The van der Waals surface area contributed by atoms with Gasteiger partial charge in [0.1, 0.15) is 11.7 Å². The van der Waals surface area contributed by atoms with Crippen LogP contribution in [0.1, 0.15) is 44.6 Å². The maximum absolute atomic E-state index is 13.0. The van der Waals surface area contributed by atoms with Crippen LogP contribution in [0.5, 0.6) is 5.75 Å². The number of nitriles is 1. The Kier molecular flexibility index (Phi) is 8.86. The van der Waals surface area contributed by atoms with E-state index in [1.165, 1.54) is 7.11 Å². The Balaban J connectivity index is 1.95. The molecule has 0 aliphatic carbocycles. The lowest BCUT2D eigenvalue weighted by atomic mass is 9.78. The standard InChI is InChI=1S/C24H28ClN3O5S/c1-4-33-18-9-8-15(11-17(18)25)20-16(12-26)23(27-22(30)21(20)24(31)32-3)34-13-19(29)28-10-6-5-7-14(28)2/h8-9,11,14,20-21H,4-7,10,13H2,1-3H3,(H,27,30)/t14-,20-,21+/m1/s1. The number of benzene rings is 1. The number of nitrogens with one attached hydrogen (secondary N) is 1. The second kappa shape index (κ2) is 11.6. The number of ether oxygens (including phenoxy) is 2. The normalized spacial score (nSPS) is 22.6. The molecule has 1 fully saturated rings. The highest BCUT2D eigenvalue weighted by molar-refractivity contribution is 8.03. The van der Waals surface area contributed by atoms with Crippen molar-refractivity contribution in [3.63, 3.8) is 0 Å². The van der Waals surface area contributed by atoms with Crippen LogP contribution in [0.3, 0.4) is 0 Å². The molecule has 182 valence electrons. The summed E-state index contributed by atoms with van der Waals surface area (Å²) in [6.45, 7) is 4.98. The Morgan fingerprint density at radius 2 is 2.12 bits per heavy atom. The third kappa shape index (κ3) is 5.50. The molecule has 8 nitrogen and oxygen atoms in total. The third-order valence-corrected chi connectivity index (χ3v) is 7.36. The van der Waals surface area contributed by atoms with Crippen molar-refractivity contribution in [3.8, 4) is 11.8 Å². The Morgan fingerprint density at radius 1 is 1.35 bits per heavy atom. The van der Waals surface area contributed by atoms with E-state index in [0.29, 0.717) is 29.5 Å². The van der Waals surface area contributed by atoms with Crippen molar-refractivity contribution in [2.45, 2.75) is 45.1 Å². The van der Waals surface area contributed by atoms with Crippen molar-refractivity contribution < 1.29 is 23.9 Å². The molecule has 0 spiro atoms. The summed E-state index contributed by atoms with van der Waals surface area (Å²) in [4.78, 5) is 40.2. The predicted molar refractivity (Wildman–Crippen MR) is 129 cm³/mol. The fourth-order valence-electron chi connectivity index (χ4n) is 4.35. The van der Waals surface area contributed by atoms with Crippen LogP contribution in [0.15, 0.2) is 28.8 Å². The van der Waals surface area contributed by atoms with Gasteiger partial charge in [0, 0.05) is 18.5 Å². The maximum atomic E-state index is 13.0. The van der Waals surface area contributed by atoms with Crippen molar-refractivity contribution in [1.29, 1.82) is 5.26 Å². The SMILES string of the molecule is CCOc1ccc([C@@H]2C(C#N)=C(SCC(=O)N3CCCC[C@H]3C)NC(=O)[C@H]2C(=O)OC)cc1Cl. The van der Waals surface area contributed by atoms with Crippen LogP contribution in [0.2, 0.25) is 5.02 Å². The molecule has 2 amide bonds. The number of esters is 1. The molecule has 2 aliphatic rings. The summed E-state index contributed by atoms with van der Waals surface area (Å²) >= 11 is 7.46. The first kappa shape index (κ1) is 25.9. The molecule has 0 radical (unpaired) electrons. The fourth-order valence-corrected chi connectivity index (χ4v) is 5.53. The molecular formula is C24H28ClN3O5S. The molecule has 3 rings (SSSR count). The first-order valence-corrected chi connectivity index (χ1v) is 12.6. The van der Waals surface area contributed by atoms with E-state index in [-0.39, 0.29) is 28.3 Å². The number of nitrogens with zero attached hydrogens (tertiary/aromatic N) is 2. The minimum atomic E-state index is -1.27. The van der Waals surface area contributed by atoms with Crippen molar-refractivity contribution in [3.05, 3.63) is 39.4 Å². The average Bonchev–Trinajstić information content (AvgIpc) is 2.83. The smallest absolute Gasteiger partial charge is 0.319 e. The second-order valence-corrected chi connectivity index (χ2v) is 9.56. The molecule has 1 aromatic carbocycles.